The molecule has 1 amide bonds. The van der Waals surface area contributed by atoms with E-state index in [1.54, 1.807) is 11.8 Å². The van der Waals surface area contributed by atoms with Crippen molar-refractivity contribution < 1.29 is 9.53 Å². The van der Waals surface area contributed by atoms with Crippen molar-refractivity contribution in [2.24, 2.45) is 0 Å². The van der Waals surface area contributed by atoms with Crippen LogP contribution in [-0.2, 0) is 4.74 Å². The molecule has 0 aliphatic heterocycles. The molecular formula is C15H23NO2S. The van der Waals surface area contributed by atoms with E-state index in [0.29, 0.717) is 13.2 Å². The third-order valence-electron chi connectivity index (χ3n) is 2.55. The number of thioether (sulfide) groups is 1. The Kier molecular flexibility index (Phi) is 8.34. The minimum atomic E-state index is 0.00991. The molecular weight excluding hydrogens is 258 g/mol. The lowest BCUT2D eigenvalue weighted by Gasteiger charge is -2.09. The molecule has 1 N–H and O–H groups in total. The van der Waals surface area contributed by atoms with Crippen LogP contribution in [0.2, 0.25) is 0 Å². The fourth-order valence-electron chi connectivity index (χ4n) is 1.61. The van der Waals surface area contributed by atoms with Crippen LogP contribution in [0.1, 0.15) is 37.0 Å². The van der Waals surface area contributed by atoms with Crippen molar-refractivity contribution in [3.8, 4) is 0 Å². The standard InChI is InChI=1S/C15H23NO2S/c1-3-12-19-14-9-6-5-8-13(14)15(17)16-10-7-11-18-4-2/h5-6,8-9H,3-4,7,10-12H2,1-2H3,(H,16,17). The molecule has 0 aromatic heterocycles. The van der Waals surface area contributed by atoms with Gasteiger partial charge < -0.3 is 10.1 Å². The second-order valence-electron chi connectivity index (χ2n) is 4.15. The van der Waals surface area contributed by atoms with Crippen molar-refractivity contribution in [3.63, 3.8) is 0 Å². The molecule has 0 bridgehead atoms. The molecule has 0 saturated heterocycles. The van der Waals surface area contributed by atoms with Gasteiger partial charge in [-0.15, -0.1) is 11.8 Å². The summed E-state index contributed by atoms with van der Waals surface area (Å²) < 4.78 is 5.24. The minimum absolute atomic E-state index is 0.00991. The molecule has 0 aliphatic carbocycles. The molecule has 3 nitrogen and oxygen atoms in total. The first kappa shape index (κ1) is 16.1. The van der Waals surface area contributed by atoms with Crippen LogP contribution in [0.4, 0.5) is 0 Å². The number of carbonyl (C=O) groups is 1. The van der Waals surface area contributed by atoms with Crippen LogP contribution < -0.4 is 5.32 Å². The van der Waals surface area contributed by atoms with Gasteiger partial charge in [0, 0.05) is 24.7 Å². The number of hydrogen-bond donors (Lipinski definition) is 1. The Morgan fingerprint density at radius 1 is 1.32 bits per heavy atom. The molecule has 1 rings (SSSR count). The molecule has 106 valence electrons. The number of hydrogen-bond acceptors (Lipinski definition) is 3. The van der Waals surface area contributed by atoms with Crippen molar-refractivity contribution in [2.75, 3.05) is 25.5 Å². The van der Waals surface area contributed by atoms with E-state index in [-0.39, 0.29) is 5.91 Å². The van der Waals surface area contributed by atoms with Gasteiger partial charge in [-0.25, -0.2) is 0 Å². The van der Waals surface area contributed by atoms with E-state index in [2.05, 4.69) is 12.2 Å². The van der Waals surface area contributed by atoms with Crippen molar-refractivity contribution in [3.05, 3.63) is 29.8 Å². The third-order valence-corrected chi connectivity index (χ3v) is 3.83. The van der Waals surface area contributed by atoms with Gasteiger partial charge in [0.1, 0.15) is 0 Å². The Balaban J connectivity index is 2.46. The van der Waals surface area contributed by atoms with E-state index in [9.17, 15) is 4.79 Å². The van der Waals surface area contributed by atoms with Crippen LogP contribution in [0, 0.1) is 0 Å². The van der Waals surface area contributed by atoms with Crippen LogP contribution in [0.25, 0.3) is 0 Å². The highest BCUT2D eigenvalue weighted by Crippen LogP contribution is 2.23. The zero-order valence-electron chi connectivity index (χ0n) is 11.8. The Hall–Kier alpha value is -1.00. The van der Waals surface area contributed by atoms with Gasteiger partial charge in [0.05, 0.1) is 5.56 Å². The Labute approximate surface area is 120 Å². The summed E-state index contributed by atoms with van der Waals surface area (Å²) >= 11 is 1.74. The van der Waals surface area contributed by atoms with E-state index in [1.807, 2.05) is 31.2 Å². The van der Waals surface area contributed by atoms with Gasteiger partial charge in [0.25, 0.3) is 5.91 Å². The highest BCUT2D eigenvalue weighted by atomic mass is 32.2. The maximum Gasteiger partial charge on any atom is 0.252 e. The molecule has 0 radical (unpaired) electrons. The summed E-state index contributed by atoms with van der Waals surface area (Å²) in [5.41, 5.74) is 0.775. The topological polar surface area (TPSA) is 38.3 Å². The summed E-state index contributed by atoms with van der Waals surface area (Å²) in [6, 6.07) is 7.78. The highest BCUT2D eigenvalue weighted by molar-refractivity contribution is 7.99. The molecule has 0 spiro atoms. The first-order chi connectivity index (χ1) is 9.29. The van der Waals surface area contributed by atoms with E-state index in [1.165, 1.54) is 0 Å². The van der Waals surface area contributed by atoms with Crippen molar-refractivity contribution >= 4 is 17.7 Å². The zero-order chi connectivity index (χ0) is 13.9. The fourth-order valence-corrected chi connectivity index (χ4v) is 2.52. The van der Waals surface area contributed by atoms with E-state index < -0.39 is 0 Å². The van der Waals surface area contributed by atoms with E-state index in [4.69, 9.17) is 4.74 Å². The Morgan fingerprint density at radius 3 is 2.84 bits per heavy atom. The molecule has 1 aromatic carbocycles. The summed E-state index contributed by atoms with van der Waals surface area (Å²) in [5, 5.41) is 2.94. The van der Waals surface area contributed by atoms with Gasteiger partial charge in [0.2, 0.25) is 0 Å². The molecule has 0 aliphatic rings. The molecule has 4 heteroatoms. The molecule has 1 aromatic rings. The molecule has 0 unspecified atom stereocenters. The van der Waals surface area contributed by atoms with Crippen LogP contribution in [0.3, 0.4) is 0 Å². The van der Waals surface area contributed by atoms with Crippen molar-refractivity contribution in [1.82, 2.24) is 5.32 Å². The summed E-state index contributed by atoms with van der Waals surface area (Å²) in [5.74, 6) is 1.05. The zero-order valence-corrected chi connectivity index (χ0v) is 12.6. The molecule has 19 heavy (non-hydrogen) atoms. The Bertz CT molecular complexity index is 382. The predicted molar refractivity (Wildman–Crippen MR) is 80.9 cm³/mol. The SMILES string of the molecule is CCCSc1ccccc1C(=O)NCCCOCC. The lowest BCUT2D eigenvalue weighted by molar-refractivity contribution is 0.0941. The van der Waals surface area contributed by atoms with E-state index in [0.717, 1.165) is 35.7 Å². The maximum absolute atomic E-state index is 12.1. The van der Waals surface area contributed by atoms with Gasteiger partial charge in [-0.05, 0) is 37.7 Å². The first-order valence-electron chi connectivity index (χ1n) is 6.87. The van der Waals surface area contributed by atoms with Crippen LogP contribution in [0.15, 0.2) is 29.2 Å². The normalized spacial score (nSPS) is 10.4. The second kappa shape index (κ2) is 9.87. The van der Waals surface area contributed by atoms with Crippen molar-refractivity contribution in [1.29, 1.82) is 0 Å². The number of carbonyl (C=O) groups excluding carboxylic acids is 1. The van der Waals surface area contributed by atoms with Gasteiger partial charge in [-0.2, -0.15) is 0 Å². The number of benzene rings is 1. The average Bonchev–Trinajstić information content (AvgIpc) is 2.45. The van der Waals surface area contributed by atoms with Gasteiger partial charge in [0.15, 0.2) is 0 Å². The average molecular weight is 281 g/mol. The quantitative estimate of drug-likeness (QED) is 0.557. The minimum Gasteiger partial charge on any atom is -0.382 e. The monoisotopic (exact) mass is 281 g/mol. The molecule has 0 saturated carbocycles. The van der Waals surface area contributed by atoms with Gasteiger partial charge in [-0.1, -0.05) is 19.1 Å². The summed E-state index contributed by atoms with van der Waals surface area (Å²) in [6.07, 6.45) is 1.96. The largest absolute Gasteiger partial charge is 0.382 e. The van der Waals surface area contributed by atoms with Crippen LogP contribution in [0.5, 0.6) is 0 Å². The lowest BCUT2D eigenvalue weighted by atomic mass is 10.2. The number of amides is 1. The van der Waals surface area contributed by atoms with Crippen LogP contribution >= 0.6 is 11.8 Å². The Morgan fingerprint density at radius 2 is 2.11 bits per heavy atom. The summed E-state index contributed by atoms with van der Waals surface area (Å²) in [7, 11) is 0. The summed E-state index contributed by atoms with van der Waals surface area (Å²) in [4.78, 5) is 13.2. The first-order valence-corrected chi connectivity index (χ1v) is 7.85. The molecule has 0 atom stereocenters. The maximum atomic E-state index is 12.1. The lowest BCUT2D eigenvalue weighted by Crippen LogP contribution is -2.25. The smallest absolute Gasteiger partial charge is 0.252 e. The fraction of sp³-hybridized carbons (Fsp3) is 0.533. The van der Waals surface area contributed by atoms with Crippen molar-refractivity contribution in [2.45, 2.75) is 31.6 Å². The van der Waals surface area contributed by atoms with Crippen LogP contribution in [-0.4, -0.2) is 31.4 Å². The van der Waals surface area contributed by atoms with E-state index >= 15 is 0 Å². The second-order valence-corrected chi connectivity index (χ2v) is 5.29. The summed E-state index contributed by atoms with van der Waals surface area (Å²) in [6.45, 7) is 6.20. The number of rotatable bonds is 9. The third kappa shape index (κ3) is 6.12. The van der Waals surface area contributed by atoms with Gasteiger partial charge >= 0.3 is 0 Å². The predicted octanol–water partition coefficient (Wildman–Crippen LogP) is 3.35. The number of nitrogens with one attached hydrogen (secondary N) is 1. The molecule has 0 fully saturated rings. The molecule has 0 heterocycles. The highest BCUT2D eigenvalue weighted by Gasteiger charge is 2.10. The number of ether oxygens (including phenoxy) is 1. The van der Waals surface area contributed by atoms with Gasteiger partial charge in [-0.3, -0.25) is 4.79 Å².